The van der Waals surface area contributed by atoms with Gasteiger partial charge in [0.1, 0.15) is 12.1 Å². The summed E-state index contributed by atoms with van der Waals surface area (Å²) in [5.41, 5.74) is 2.03. The van der Waals surface area contributed by atoms with E-state index >= 15 is 0 Å². The highest BCUT2D eigenvalue weighted by atomic mass is 16.7. The standard InChI is InChI=1S/C31H33N5O5/c37-28(32-19-24-11-12-26-27(17-24)41-22-40-26)20-35-21-36(25-9-5-2-6-10-25)31(29(35)38)13-15-34(16-14-31)30(39)33-18-23-7-3-1-4-8-23/h1-12,17H,13-16,18-22H2,(H,32,37)(H,33,39). The number of carbonyl (C=O) groups excluding carboxylic acids is 3. The van der Waals surface area contributed by atoms with Gasteiger partial charge in [-0.3, -0.25) is 9.59 Å². The topological polar surface area (TPSA) is 103 Å². The molecule has 2 N–H and O–H groups in total. The zero-order valence-electron chi connectivity index (χ0n) is 22.8. The van der Waals surface area contributed by atoms with Crippen LogP contribution in [0.5, 0.6) is 11.5 Å². The lowest BCUT2D eigenvalue weighted by atomic mass is 9.85. The third kappa shape index (κ3) is 5.50. The lowest BCUT2D eigenvalue weighted by Crippen LogP contribution is -2.58. The molecule has 0 aliphatic carbocycles. The summed E-state index contributed by atoms with van der Waals surface area (Å²) in [7, 11) is 0. The van der Waals surface area contributed by atoms with Gasteiger partial charge in [0.25, 0.3) is 5.91 Å². The summed E-state index contributed by atoms with van der Waals surface area (Å²) in [6, 6.07) is 25.0. The first-order valence-electron chi connectivity index (χ1n) is 13.9. The van der Waals surface area contributed by atoms with E-state index in [-0.39, 0.29) is 31.2 Å². The number of anilines is 1. The summed E-state index contributed by atoms with van der Waals surface area (Å²) in [6.07, 6.45) is 0.962. The largest absolute Gasteiger partial charge is 0.454 e. The number of fused-ring (bicyclic) bond motifs is 1. The maximum Gasteiger partial charge on any atom is 0.317 e. The summed E-state index contributed by atoms with van der Waals surface area (Å²) in [4.78, 5) is 45.3. The van der Waals surface area contributed by atoms with Gasteiger partial charge in [0.15, 0.2) is 11.5 Å². The van der Waals surface area contributed by atoms with Crippen molar-refractivity contribution in [2.75, 3.05) is 38.0 Å². The van der Waals surface area contributed by atoms with Crippen LogP contribution < -0.4 is 25.0 Å². The number of ether oxygens (including phenoxy) is 2. The number of piperidine rings is 1. The van der Waals surface area contributed by atoms with Crippen molar-refractivity contribution in [3.05, 3.63) is 90.0 Å². The molecule has 2 saturated heterocycles. The first kappa shape index (κ1) is 26.5. The minimum absolute atomic E-state index is 0.0459. The molecule has 0 bridgehead atoms. The van der Waals surface area contributed by atoms with E-state index in [1.54, 1.807) is 9.80 Å². The van der Waals surface area contributed by atoms with E-state index in [1.165, 1.54) is 0 Å². The van der Waals surface area contributed by atoms with Crippen LogP contribution in [-0.4, -0.2) is 66.3 Å². The first-order chi connectivity index (χ1) is 20.0. The van der Waals surface area contributed by atoms with Crippen molar-refractivity contribution in [1.82, 2.24) is 20.4 Å². The van der Waals surface area contributed by atoms with Gasteiger partial charge in [0.05, 0.1) is 6.67 Å². The van der Waals surface area contributed by atoms with Gasteiger partial charge in [-0.2, -0.15) is 0 Å². The second-order valence-corrected chi connectivity index (χ2v) is 10.5. The molecule has 212 valence electrons. The molecule has 4 amide bonds. The average Bonchev–Trinajstić information content (AvgIpc) is 3.59. The van der Waals surface area contributed by atoms with Crippen LogP contribution in [0.3, 0.4) is 0 Å². The van der Waals surface area contributed by atoms with E-state index in [0.717, 1.165) is 16.8 Å². The van der Waals surface area contributed by atoms with E-state index in [9.17, 15) is 14.4 Å². The summed E-state index contributed by atoms with van der Waals surface area (Å²) < 4.78 is 10.8. The zero-order valence-corrected chi connectivity index (χ0v) is 22.8. The fraction of sp³-hybridized carbons (Fsp3) is 0.323. The summed E-state index contributed by atoms with van der Waals surface area (Å²) in [5, 5.41) is 5.91. The molecule has 3 aliphatic rings. The van der Waals surface area contributed by atoms with Crippen molar-refractivity contribution in [2.45, 2.75) is 31.5 Å². The van der Waals surface area contributed by atoms with Crippen molar-refractivity contribution in [1.29, 1.82) is 0 Å². The van der Waals surface area contributed by atoms with Crippen LogP contribution in [0, 0.1) is 0 Å². The molecule has 0 unspecified atom stereocenters. The van der Waals surface area contributed by atoms with E-state index in [0.29, 0.717) is 57.2 Å². The van der Waals surface area contributed by atoms with E-state index < -0.39 is 5.54 Å². The average molecular weight is 556 g/mol. The number of nitrogens with zero attached hydrogens (tertiary/aromatic N) is 3. The highest BCUT2D eigenvalue weighted by Crippen LogP contribution is 2.39. The number of rotatable bonds is 7. The molecule has 0 saturated carbocycles. The fourth-order valence-electron chi connectivity index (χ4n) is 5.77. The molecule has 0 aromatic heterocycles. The highest BCUT2D eigenvalue weighted by Gasteiger charge is 2.54. The van der Waals surface area contributed by atoms with E-state index in [2.05, 4.69) is 15.5 Å². The second kappa shape index (κ2) is 11.4. The lowest BCUT2D eigenvalue weighted by molar-refractivity contribution is -0.137. The normalized spacial score (nSPS) is 17.2. The maximum absolute atomic E-state index is 13.9. The molecule has 6 rings (SSSR count). The molecule has 1 spiro atoms. The zero-order chi connectivity index (χ0) is 28.2. The number of urea groups is 1. The molecule has 0 atom stereocenters. The number of para-hydroxylation sites is 1. The third-order valence-electron chi connectivity index (χ3n) is 8.01. The lowest BCUT2D eigenvalue weighted by Gasteiger charge is -2.43. The van der Waals surface area contributed by atoms with Gasteiger partial charge >= 0.3 is 6.03 Å². The Balaban J connectivity index is 1.10. The Morgan fingerprint density at radius 1 is 0.805 bits per heavy atom. The van der Waals surface area contributed by atoms with Crippen LogP contribution in [0.4, 0.5) is 10.5 Å². The van der Waals surface area contributed by atoms with Crippen LogP contribution in [0.1, 0.15) is 24.0 Å². The predicted molar refractivity (Wildman–Crippen MR) is 152 cm³/mol. The molecule has 3 aliphatic heterocycles. The van der Waals surface area contributed by atoms with Gasteiger partial charge < -0.3 is 34.8 Å². The molecule has 10 nitrogen and oxygen atoms in total. The van der Waals surface area contributed by atoms with Crippen LogP contribution in [-0.2, 0) is 22.7 Å². The van der Waals surface area contributed by atoms with E-state index in [1.807, 2.05) is 78.9 Å². The fourth-order valence-corrected chi connectivity index (χ4v) is 5.77. The Hall–Kier alpha value is -4.73. The van der Waals surface area contributed by atoms with Gasteiger partial charge in [0, 0.05) is 31.9 Å². The summed E-state index contributed by atoms with van der Waals surface area (Å²) in [6.45, 7) is 2.11. The third-order valence-corrected chi connectivity index (χ3v) is 8.01. The highest BCUT2D eigenvalue weighted by molar-refractivity contribution is 5.96. The van der Waals surface area contributed by atoms with Gasteiger partial charge in [-0.05, 0) is 48.2 Å². The molecule has 3 aromatic carbocycles. The van der Waals surface area contributed by atoms with Gasteiger partial charge in [-0.1, -0.05) is 54.6 Å². The maximum atomic E-state index is 13.9. The molecule has 3 aromatic rings. The van der Waals surface area contributed by atoms with Gasteiger partial charge in [-0.15, -0.1) is 0 Å². The number of benzene rings is 3. The van der Waals surface area contributed by atoms with Crippen molar-refractivity contribution >= 4 is 23.5 Å². The minimum atomic E-state index is -0.810. The van der Waals surface area contributed by atoms with Crippen LogP contribution in [0.15, 0.2) is 78.9 Å². The van der Waals surface area contributed by atoms with Crippen molar-refractivity contribution in [3.63, 3.8) is 0 Å². The van der Waals surface area contributed by atoms with Gasteiger partial charge in [-0.25, -0.2) is 4.79 Å². The summed E-state index contributed by atoms with van der Waals surface area (Å²) in [5.74, 6) is 1.03. The molecular formula is C31H33N5O5. The number of nitrogens with one attached hydrogen (secondary N) is 2. The number of carbonyl (C=O) groups is 3. The quantitative estimate of drug-likeness (QED) is 0.465. The number of amides is 4. The van der Waals surface area contributed by atoms with Crippen molar-refractivity contribution < 1.29 is 23.9 Å². The molecule has 41 heavy (non-hydrogen) atoms. The van der Waals surface area contributed by atoms with E-state index in [4.69, 9.17) is 9.47 Å². The molecule has 0 radical (unpaired) electrons. The Kier molecular flexibility index (Phi) is 7.37. The predicted octanol–water partition coefficient (Wildman–Crippen LogP) is 3.08. The first-order valence-corrected chi connectivity index (χ1v) is 13.9. The SMILES string of the molecule is O=C(CN1CN(c2ccccc2)C2(CCN(C(=O)NCc3ccccc3)CC2)C1=O)NCc1ccc2c(c1)OCO2. The number of hydrogen-bond donors (Lipinski definition) is 2. The van der Waals surface area contributed by atoms with Crippen LogP contribution in [0.2, 0.25) is 0 Å². The second-order valence-electron chi connectivity index (χ2n) is 10.5. The molecule has 3 heterocycles. The Morgan fingerprint density at radius 3 is 2.24 bits per heavy atom. The molecular weight excluding hydrogens is 522 g/mol. The monoisotopic (exact) mass is 555 g/mol. The minimum Gasteiger partial charge on any atom is -0.454 e. The smallest absolute Gasteiger partial charge is 0.317 e. The number of hydrogen-bond acceptors (Lipinski definition) is 6. The molecule has 10 heteroatoms. The Bertz CT molecular complexity index is 1410. The van der Waals surface area contributed by atoms with Crippen molar-refractivity contribution in [2.24, 2.45) is 0 Å². The number of likely N-dealkylation sites (tertiary alicyclic amines) is 1. The Labute approximate surface area is 238 Å². The summed E-state index contributed by atoms with van der Waals surface area (Å²) >= 11 is 0. The Morgan fingerprint density at radius 2 is 1.49 bits per heavy atom. The van der Waals surface area contributed by atoms with Crippen LogP contribution >= 0.6 is 0 Å². The van der Waals surface area contributed by atoms with Crippen molar-refractivity contribution in [3.8, 4) is 11.5 Å². The van der Waals surface area contributed by atoms with Gasteiger partial charge in [0.2, 0.25) is 12.7 Å². The van der Waals surface area contributed by atoms with Crippen LogP contribution in [0.25, 0.3) is 0 Å². The molecule has 2 fully saturated rings.